The van der Waals surface area contributed by atoms with E-state index in [0.29, 0.717) is 24.3 Å². The van der Waals surface area contributed by atoms with E-state index in [1.807, 2.05) is 0 Å². The van der Waals surface area contributed by atoms with Gasteiger partial charge in [0.2, 0.25) is 0 Å². The minimum Gasteiger partial charge on any atom is -0.375 e. The molecule has 2 heterocycles. The van der Waals surface area contributed by atoms with Crippen LogP contribution in [0.1, 0.15) is 18.9 Å². The van der Waals surface area contributed by atoms with Crippen molar-refractivity contribution < 1.29 is 14.7 Å². The lowest BCUT2D eigenvalue weighted by Crippen LogP contribution is -2.42. The van der Waals surface area contributed by atoms with Crippen LogP contribution >= 0.6 is 0 Å². The maximum atomic E-state index is 12.7. The molecular weight excluding hydrogens is 284 g/mol. The second-order valence-electron chi connectivity index (χ2n) is 5.37. The largest absolute Gasteiger partial charge is 0.375 e. The molecule has 1 aliphatic rings. The first kappa shape index (κ1) is 14.4. The normalized spacial score (nSPS) is 20.3. The number of aromatic nitrogens is 3. The number of fused-ring (bicyclic) bond motifs is 1. The van der Waals surface area contributed by atoms with Gasteiger partial charge in [0.05, 0.1) is 12.2 Å². The van der Waals surface area contributed by atoms with Crippen LogP contribution < -0.4 is 4.90 Å². The number of Topliss-reactive ketones (excluding diaryl/α,β-unsaturated/α-hetero) is 1. The molecule has 22 heavy (non-hydrogen) atoms. The lowest BCUT2D eigenvalue weighted by molar-refractivity contribution is -0.141. The number of aliphatic hydroxyl groups is 1. The number of ketones is 1. The first-order valence-electron chi connectivity index (χ1n) is 6.98. The summed E-state index contributed by atoms with van der Waals surface area (Å²) in [7, 11) is 0. The predicted octanol–water partition coefficient (Wildman–Crippen LogP) is 0.492. The molecule has 3 rings (SSSR count). The Bertz CT molecular complexity index is 713. The van der Waals surface area contributed by atoms with Crippen molar-refractivity contribution >= 4 is 17.4 Å². The third kappa shape index (κ3) is 2.29. The Hall–Kier alpha value is -2.54. The number of benzene rings is 1. The smallest absolute Gasteiger partial charge is 0.264 e. The summed E-state index contributed by atoms with van der Waals surface area (Å²) in [6.45, 7) is 2.17. The number of anilines is 1. The van der Waals surface area contributed by atoms with Crippen molar-refractivity contribution in [1.29, 1.82) is 0 Å². The van der Waals surface area contributed by atoms with E-state index in [9.17, 15) is 14.7 Å². The molecule has 1 atom stereocenters. The van der Waals surface area contributed by atoms with Crippen LogP contribution in [-0.2, 0) is 21.7 Å². The Kier molecular flexibility index (Phi) is 3.50. The van der Waals surface area contributed by atoms with E-state index in [1.54, 1.807) is 35.3 Å². The topological polar surface area (TPSA) is 88.3 Å². The molecule has 0 spiro atoms. The van der Waals surface area contributed by atoms with Gasteiger partial charge in [-0.05, 0) is 13.0 Å². The fourth-order valence-corrected chi connectivity index (χ4v) is 2.81. The van der Waals surface area contributed by atoms with Gasteiger partial charge in [-0.3, -0.25) is 14.3 Å². The molecule has 114 valence electrons. The van der Waals surface area contributed by atoms with Crippen LogP contribution in [0, 0.1) is 0 Å². The molecule has 0 saturated heterocycles. The first-order valence-corrected chi connectivity index (χ1v) is 6.98. The van der Waals surface area contributed by atoms with Gasteiger partial charge in [0.25, 0.3) is 5.91 Å². The highest BCUT2D eigenvalue weighted by molar-refractivity contribution is 6.08. The Morgan fingerprint density at radius 3 is 2.77 bits per heavy atom. The molecular formula is C15H16N4O3. The van der Waals surface area contributed by atoms with Crippen LogP contribution in [0.3, 0.4) is 0 Å². The summed E-state index contributed by atoms with van der Waals surface area (Å²) in [6.07, 6.45) is 2.77. The van der Waals surface area contributed by atoms with Gasteiger partial charge in [-0.15, -0.1) is 0 Å². The fourth-order valence-electron chi connectivity index (χ4n) is 2.81. The average molecular weight is 300 g/mol. The average Bonchev–Trinajstić information content (AvgIpc) is 3.05. The maximum absolute atomic E-state index is 12.7. The fraction of sp³-hybridized carbons (Fsp3) is 0.333. The molecule has 1 aromatic carbocycles. The molecule has 1 N–H and O–H groups in total. The number of carbonyl (C=O) groups excluding carboxylic acids is 2. The summed E-state index contributed by atoms with van der Waals surface area (Å²) >= 11 is 0. The Morgan fingerprint density at radius 1 is 1.32 bits per heavy atom. The zero-order valence-corrected chi connectivity index (χ0v) is 12.1. The number of amides is 1. The van der Waals surface area contributed by atoms with Crippen LogP contribution in [-0.4, -0.2) is 38.1 Å². The SMILES string of the molecule is CC(=O)CC1(O)C(=O)N(CCn2cncn2)c2ccccc21. The van der Waals surface area contributed by atoms with Crippen LogP contribution in [0.25, 0.3) is 0 Å². The highest BCUT2D eigenvalue weighted by Gasteiger charge is 2.49. The minimum absolute atomic E-state index is 0.220. The predicted molar refractivity (Wildman–Crippen MR) is 78.0 cm³/mol. The van der Waals surface area contributed by atoms with E-state index in [-0.39, 0.29) is 12.2 Å². The van der Waals surface area contributed by atoms with Crippen molar-refractivity contribution in [1.82, 2.24) is 14.8 Å². The second kappa shape index (κ2) is 5.34. The van der Waals surface area contributed by atoms with Crippen molar-refractivity contribution in [3.05, 3.63) is 42.5 Å². The quantitative estimate of drug-likeness (QED) is 0.868. The molecule has 0 fully saturated rings. The van der Waals surface area contributed by atoms with E-state index in [0.717, 1.165) is 0 Å². The minimum atomic E-state index is -1.77. The number of nitrogens with zero attached hydrogens (tertiary/aromatic N) is 4. The standard InChI is InChI=1S/C15H16N4O3/c1-11(20)8-15(22)12-4-2-3-5-13(12)19(14(15)21)7-6-18-10-16-9-17-18/h2-5,9-10,22H,6-8H2,1H3. The maximum Gasteiger partial charge on any atom is 0.264 e. The number of carbonyl (C=O) groups is 2. The molecule has 1 aromatic heterocycles. The molecule has 0 saturated carbocycles. The molecule has 1 aliphatic heterocycles. The van der Waals surface area contributed by atoms with Crippen molar-refractivity contribution in [2.75, 3.05) is 11.4 Å². The van der Waals surface area contributed by atoms with E-state index < -0.39 is 11.5 Å². The van der Waals surface area contributed by atoms with E-state index in [1.165, 1.54) is 18.2 Å². The summed E-state index contributed by atoms with van der Waals surface area (Å²) in [4.78, 5) is 29.5. The summed E-state index contributed by atoms with van der Waals surface area (Å²) in [5, 5.41) is 14.8. The van der Waals surface area contributed by atoms with Crippen molar-refractivity contribution in [2.24, 2.45) is 0 Å². The molecule has 7 heteroatoms. The summed E-state index contributed by atoms with van der Waals surface area (Å²) in [5.74, 6) is -0.701. The third-order valence-electron chi connectivity index (χ3n) is 3.76. The van der Waals surface area contributed by atoms with Crippen molar-refractivity contribution in [2.45, 2.75) is 25.5 Å². The van der Waals surface area contributed by atoms with E-state index in [2.05, 4.69) is 10.1 Å². The van der Waals surface area contributed by atoms with Gasteiger partial charge in [0.1, 0.15) is 18.4 Å². The van der Waals surface area contributed by atoms with E-state index >= 15 is 0 Å². The molecule has 0 radical (unpaired) electrons. The van der Waals surface area contributed by atoms with Gasteiger partial charge >= 0.3 is 0 Å². The van der Waals surface area contributed by atoms with Crippen LogP contribution in [0.5, 0.6) is 0 Å². The lowest BCUT2D eigenvalue weighted by atomic mass is 9.90. The van der Waals surface area contributed by atoms with Gasteiger partial charge in [-0.2, -0.15) is 5.10 Å². The molecule has 7 nitrogen and oxygen atoms in total. The molecule has 1 unspecified atom stereocenters. The highest BCUT2D eigenvalue weighted by atomic mass is 16.3. The lowest BCUT2D eigenvalue weighted by Gasteiger charge is -2.22. The van der Waals surface area contributed by atoms with Crippen LogP contribution in [0.4, 0.5) is 5.69 Å². The third-order valence-corrected chi connectivity index (χ3v) is 3.76. The van der Waals surface area contributed by atoms with Crippen LogP contribution in [0.2, 0.25) is 0 Å². The van der Waals surface area contributed by atoms with Gasteiger partial charge in [0.15, 0.2) is 5.60 Å². The first-order chi connectivity index (χ1) is 10.5. The van der Waals surface area contributed by atoms with Crippen molar-refractivity contribution in [3.63, 3.8) is 0 Å². The zero-order valence-electron chi connectivity index (χ0n) is 12.1. The second-order valence-corrected chi connectivity index (χ2v) is 5.37. The summed E-state index contributed by atoms with van der Waals surface area (Å²) in [6, 6.07) is 7.00. The number of hydrogen-bond donors (Lipinski definition) is 1. The number of para-hydroxylation sites is 1. The molecule has 2 aromatic rings. The van der Waals surface area contributed by atoms with Gasteiger partial charge in [-0.1, -0.05) is 18.2 Å². The Balaban J connectivity index is 1.91. The molecule has 1 amide bonds. The number of rotatable bonds is 5. The van der Waals surface area contributed by atoms with Crippen molar-refractivity contribution in [3.8, 4) is 0 Å². The van der Waals surface area contributed by atoms with Gasteiger partial charge in [0, 0.05) is 18.5 Å². The van der Waals surface area contributed by atoms with E-state index in [4.69, 9.17) is 0 Å². The Morgan fingerprint density at radius 2 is 2.09 bits per heavy atom. The summed E-state index contributed by atoms with van der Waals surface area (Å²) in [5.41, 5.74) is -0.657. The van der Waals surface area contributed by atoms with Gasteiger partial charge < -0.3 is 10.0 Å². The molecule has 0 aliphatic carbocycles. The van der Waals surface area contributed by atoms with Crippen LogP contribution in [0.15, 0.2) is 36.9 Å². The zero-order chi connectivity index (χ0) is 15.7. The number of hydrogen-bond acceptors (Lipinski definition) is 5. The highest BCUT2D eigenvalue weighted by Crippen LogP contribution is 2.42. The monoisotopic (exact) mass is 300 g/mol. The molecule has 0 bridgehead atoms. The Labute approximate surface area is 127 Å². The van der Waals surface area contributed by atoms with Gasteiger partial charge in [-0.25, -0.2) is 4.98 Å². The summed E-state index contributed by atoms with van der Waals surface area (Å²) < 4.78 is 1.61.